The Balaban J connectivity index is 1.42. The first-order valence-corrected chi connectivity index (χ1v) is 7.14. The van der Waals surface area contributed by atoms with Gasteiger partial charge in [0.25, 0.3) is 0 Å². The molecule has 0 unspecified atom stereocenters. The van der Waals surface area contributed by atoms with E-state index in [1.165, 1.54) is 18.4 Å². The number of nitrogens with zero attached hydrogens (tertiary/aromatic N) is 2. The monoisotopic (exact) mass is 275 g/mol. The molecule has 0 radical (unpaired) electrons. The van der Waals surface area contributed by atoms with Crippen LogP contribution in [-0.4, -0.2) is 22.1 Å². The molecular formula is C15H18ClN3. The van der Waals surface area contributed by atoms with Gasteiger partial charge >= 0.3 is 0 Å². The number of hydrogen-bond donors (Lipinski definition) is 1. The van der Waals surface area contributed by atoms with E-state index in [9.17, 15) is 0 Å². The number of halogens is 1. The summed E-state index contributed by atoms with van der Waals surface area (Å²) in [4.78, 5) is 4.04. The molecule has 0 aliphatic heterocycles. The fourth-order valence-electron chi connectivity index (χ4n) is 2.66. The summed E-state index contributed by atoms with van der Waals surface area (Å²) in [6, 6.07) is 8.82. The van der Waals surface area contributed by atoms with Gasteiger partial charge in [0.1, 0.15) is 0 Å². The van der Waals surface area contributed by atoms with E-state index in [4.69, 9.17) is 11.6 Å². The van der Waals surface area contributed by atoms with Crippen molar-refractivity contribution in [3.8, 4) is 0 Å². The molecule has 1 aliphatic carbocycles. The normalized spacial score (nSPS) is 22.2. The fourth-order valence-corrected chi connectivity index (χ4v) is 2.95. The van der Waals surface area contributed by atoms with Crippen LogP contribution in [0.15, 0.2) is 43.0 Å². The third-order valence-electron chi connectivity index (χ3n) is 3.85. The topological polar surface area (TPSA) is 29.9 Å². The molecule has 0 saturated heterocycles. The zero-order valence-corrected chi connectivity index (χ0v) is 11.6. The summed E-state index contributed by atoms with van der Waals surface area (Å²) in [5.74, 6) is 0.624. The summed E-state index contributed by atoms with van der Waals surface area (Å²) in [5, 5.41) is 4.49. The molecule has 1 aliphatic rings. The van der Waals surface area contributed by atoms with E-state index in [0.717, 1.165) is 18.1 Å². The average Bonchev–Trinajstić information content (AvgIpc) is 2.87. The molecule has 1 fully saturated rings. The summed E-state index contributed by atoms with van der Waals surface area (Å²) < 4.78 is 2.09. The minimum atomic E-state index is 0.624. The van der Waals surface area contributed by atoms with Crippen LogP contribution in [0.3, 0.4) is 0 Å². The Morgan fingerprint density at radius 2 is 2.16 bits per heavy atom. The van der Waals surface area contributed by atoms with Gasteiger partial charge in [0.15, 0.2) is 0 Å². The number of benzene rings is 1. The molecule has 1 aromatic carbocycles. The highest BCUT2D eigenvalue weighted by molar-refractivity contribution is 6.31. The second kappa shape index (κ2) is 5.76. The van der Waals surface area contributed by atoms with Crippen LogP contribution in [0.1, 0.15) is 24.3 Å². The van der Waals surface area contributed by atoms with Crippen LogP contribution in [0, 0.1) is 0 Å². The van der Waals surface area contributed by atoms with E-state index in [1.807, 2.05) is 30.9 Å². The first-order chi connectivity index (χ1) is 9.33. The molecule has 0 bridgehead atoms. The van der Waals surface area contributed by atoms with Crippen LogP contribution in [0.5, 0.6) is 0 Å². The van der Waals surface area contributed by atoms with Gasteiger partial charge in [-0.1, -0.05) is 29.8 Å². The molecule has 19 heavy (non-hydrogen) atoms. The molecule has 1 heterocycles. The van der Waals surface area contributed by atoms with Crippen LogP contribution in [0.4, 0.5) is 0 Å². The van der Waals surface area contributed by atoms with Crippen LogP contribution in [-0.2, 0) is 6.54 Å². The van der Waals surface area contributed by atoms with Gasteiger partial charge in [0.05, 0.1) is 6.33 Å². The minimum absolute atomic E-state index is 0.624. The maximum atomic E-state index is 6.22. The van der Waals surface area contributed by atoms with Crippen molar-refractivity contribution < 1.29 is 0 Å². The first-order valence-electron chi connectivity index (χ1n) is 6.76. The van der Waals surface area contributed by atoms with Gasteiger partial charge in [-0.3, -0.25) is 0 Å². The van der Waals surface area contributed by atoms with E-state index < -0.39 is 0 Å². The quantitative estimate of drug-likeness (QED) is 0.909. The van der Waals surface area contributed by atoms with Crippen LogP contribution in [0.25, 0.3) is 0 Å². The fraction of sp³-hybridized carbons (Fsp3) is 0.400. The summed E-state index contributed by atoms with van der Waals surface area (Å²) in [6.45, 7) is 1.98. The second-order valence-corrected chi connectivity index (χ2v) is 5.55. The molecule has 0 atom stereocenters. The molecule has 3 rings (SSSR count). The van der Waals surface area contributed by atoms with Gasteiger partial charge in [-0.2, -0.15) is 0 Å². The van der Waals surface area contributed by atoms with Gasteiger partial charge < -0.3 is 9.88 Å². The van der Waals surface area contributed by atoms with Crippen molar-refractivity contribution in [2.45, 2.75) is 31.3 Å². The Kier molecular flexibility index (Phi) is 3.85. The maximum absolute atomic E-state index is 6.22. The van der Waals surface area contributed by atoms with Crippen LogP contribution < -0.4 is 5.32 Å². The van der Waals surface area contributed by atoms with Crippen molar-refractivity contribution in [3.63, 3.8) is 0 Å². The maximum Gasteiger partial charge on any atom is 0.0946 e. The lowest BCUT2D eigenvalue weighted by Gasteiger charge is -2.36. The number of aromatic nitrogens is 2. The highest BCUT2D eigenvalue weighted by Gasteiger charge is 2.30. The molecule has 0 spiro atoms. The zero-order chi connectivity index (χ0) is 13.1. The first kappa shape index (κ1) is 12.7. The lowest BCUT2D eigenvalue weighted by Crippen LogP contribution is -2.41. The highest BCUT2D eigenvalue weighted by Crippen LogP contribution is 2.39. The van der Waals surface area contributed by atoms with E-state index in [2.05, 4.69) is 27.0 Å². The smallest absolute Gasteiger partial charge is 0.0946 e. The molecular weight excluding hydrogens is 258 g/mol. The van der Waals surface area contributed by atoms with E-state index >= 15 is 0 Å². The van der Waals surface area contributed by atoms with E-state index in [1.54, 1.807) is 0 Å². The summed E-state index contributed by atoms with van der Waals surface area (Å²) in [7, 11) is 0. The number of rotatable bonds is 5. The predicted molar refractivity (Wildman–Crippen MR) is 77.4 cm³/mol. The summed E-state index contributed by atoms with van der Waals surface area (Å²) >= 11 is 6.22. The van der Waals surface area contributed by atoms with Gasteiger partial charge in [0.2, 0.25) is 0 Å². The molecule has 2 aromatic rings. The second-order valence-electron chi connectivity index (χ2n) is 5.14. The Bertz CT molecular complexity index is 518. The lowest BCUT2D eigenvalue weighted by molar-refractivity contribution is 0.288. The number of hydrogen-bond acceptors (Lipinski definition) is 2. The Labute approximate surface area is 118 Å². The van der Waals surface area contributed by atoms with Gasteiger partial charge in [-0.15, -0.1) is 0 Å². The molecule has 1 N–H and O–H groups in total. The Hall–Kier alpha value is -1.32. The number of nitrogens with one attached hydrogen (secondary N) is 1. The van der Waals surface area contributed by atoms with Gasteiger partial charge in [-0.05, 0) is 30.4 Å². The van der Waals surface area contributed by atoms with Crippen molar-refractivity contribution in [3.05, 3.63) is 53.6 Å². The predicted octanol–water partition coefficient (Wildman–Crippen LogP) is 3.07. The molecule has 3 nitrogen and oxygen atoms in total. The van der Waals surface area contributed by atoms with Gasteiger partial charge in [0, 0.05) is 36.5 Å². The largest absolute Gasteiger partial charge is 0.336 e. The van der Waals surface area contributed by atoms with Crippen molar-refractivity contribution in [2.75, 3.05) is 6.54 Å². The summed E-state index contributed by atoms with van der Waals surface area (Å²) in [6.07, 6.45) is 8.04. The minimum Gasteiger partial charge on any atom is -0.336 e. The molecule has 1 saturated carbocycles. The van der Waals surface area contributed by atoms with Crippen molar-refractivity contribution in [1.82, 2.24) is 14.9 Å². The van der Waals surface area contributed by atoms with Crippen LogP contribution in [0.2, 0.25) is 5.02 Å². The molecule has 100 valence electrons. The van der Waals surface area contributed by atoms with E-state index in [0.29, 0.717) is 12.0 Å². The SMILES string of the molecule is Clc1ccccc1C1CC(NCCn2ccnc2)C1. The number of imidazole rings is 1. The molecule has 0 amide bonds. The Morgan fingerprint density at radius 3 is 2.89 bits per heavy atom. The van der Waals surface area contributed by atoms with E-state index in [-0.39, 0.29) is 0 Å². The highest BCUT2D eigenvalue weighted by atomic mass is 35.5. The molecule has 1 aromatic heterocycles. The summed E-state index contributed by atoms with van der Waals surface area (Å²) in [5.41, 5.74) is 1.30. The average molecular weight is 276 g/mol. The van der Waals surface area contributed by atoms with Gasteiger partial charge in [-0.25, -0.2) is 4.98 Å². The third-order valence-corrected chi connectivity index (χ3v) is 4.19. The van der Waals surface area contributed by atoms with Crippen molar-refractivity contribution in [1.29, 1.82) is 0 Å². The van der Waals surface area contributed by atoms with Crippen molar-refractivity contribution >= 4 is 11.6 Å². The Morgan fingerprint density at radius 1 is 1.32 bits per heavy atom. The van der Waals surface area contributed by atoms with Crippen molar-refractivity contribution in [2.24, 2.45) is 0 Å². The zero-order valence-electron chi connectivity index (χ0n) is 10.8. The third kappa shape index (κ3) is 2.99. The lowest BCUT2D eigenvalue weighted by atomic mass is 9.76. The molecule has 4 heteroatoms. The van der Waals surface area contributed by atoms with Crippen LogP contribution >= 0.6 is 11.6 Å². The standard InChI is InChI=1S/C15H18ClN3/c16-15-4-2-1-3-14(15)12-9-13(10-12)18-6-8-19-7-5-17-11-19/h1-5,7,11-13,18H,6,8-10H2.